The van der Waals surface area contributed by atoms with Crippen molar-refractivity contribution in [1.82, 2.24) is 10.2 Å². The molecule has 29 heavy (non-hydrogen) atoms. The molecule has 0 saturated carbocycles. The summed E-state index contributed by atoms with van der Waals surface area (Å²) in [4.78, 5) is 27.2. The number of likely N-dealkylation sites (N-methyl/N-ethyl adjacent to an activating group) is 1. The van der Waals surface area contributed by atoms with Crippen LogP contribution in [-0.2, 0) is 16.1 Å². The molecular formula is C23H29BrN2O3. The number of rotatable bonds is 9. The Balaban J connectivity index is 2.20. The van der Waals surface area contributed by atoms with Gasteiger partial charge in [-0.05, 0) is 56.0 Å². The van der Waals surface area contributed by atoms with Crippen LogP contribution in [0.15, 0.2) is 46.9 Å². The van der Waals surface area contributed by atoms with Gasteiger partial charge in [0.15, 0.2) is 6.61 Å². The highest BCUT2D eigenvalue weighted by atomic mass is 79.9. The van der Waals surface area contributed by atoms with Crippen LogP contribution < -0.4 is 10.1 Å². The van der Waals surface area contributed by atoms with Crippen LogP contribution in [0.4, 0.5) is 0 Å². The third kappa shape index (κ3) is 6.32. The van der Waals surface area contributed by atoms with E-state index in [0.717, 1.165) is 21.2 Å². The summed E-state index contributed by atoms with van der Waals surface area (Å²) in [6.07, 6.45) is 0.529. The molecule has 0 aliphatic carbocycles. The number of benzene rings is 2. The van der Waals surface area contributed by atoms with Crippen molar-refractivity contribution in [2.45, 2.75) is 46.7 Å². The highest BCUT2D eigenvalue weighted by Crippen LogP contribution is 2.26. The molecule has 0 saturated heterocycles. The second kappa shape index (κ2) is 11.0. The van der Waals surface area contributed by atoms with Gasteiger partial charge in [0.2, 0.25) is 5.91 Å². The first kappa shape index (κ1) is 22.9. The summed E-state index contributed by atoms with van der Waals surface area (Å²) in [5, 5.41) is 2.83. The van der Waals surface area contributed by atoms with E-state index in [1.54, 1.807) is 4.90 Å². The number of amides is 2. The molecule has 0 spiro atoms. The molecule has 2 rings (SSSR count). The third-order valence-corrected chi connectivity index (χ3v) is 5.96. The molecule has 156 valence electrons. The predicted molar refractivity (Wildman–Crippen MR) is 119 cm³/mol. The summed E-state index contributed by atoms with van der Waals surface area (Å²) in [5.74, 6) is 0.280. The number of nitrogens with zero attached hydrogens (tertiary/aromatic N) is 1. The zero-order valence-electron chi connectivity index (χ0n) is 17.5. The molecule has 2 amide bonds. The van der Waals surface area contributed by atoms with Crippen LogP contribution >= 0.6 is 15.9 Å². The van der Waals surface area contributed by atoms with Gasteiger partial charge in [-0.15, -0.1) is 0 Å². The van der Waals surface area contributed by atoms with Gasteiger partial charge in [-0.1, -0.05) is 53.2 Å². The lowest BCUT2D eigenvalue weighted by molar-refractivity contribution is -0.142. The Labute approximate surface area is 181 Å². The van der Waals surface area contributed by atoms with Crippen LogP contribution in [0.5, 0.6) is 5.75 Å². The first-order chi connectivity index (χ1) is 13.9. The predicted octanol–water partition coefficient (Wildman–Crippen LogP) is 4.39. The second-order valence-electron chi connectivity index (χ2n) is 6.99. The van der Waals surface area contributed by atoms with Crippen molar-refractivity contribution in [1.29, 1.82) is 0 Å². The minimum Gasteiger partial charge on any atom is -0.484 e. The Morgan fingerprint density at radius 3 is 2.28 bits per heavy atom. The van der Waals surface area contributed by atoms with Crippen LogP contribution in [0.2, 0.25) is 0 Å². The lowest BCUT2D eigenvalue weighted by Crippen LogP contribution is -2.50. The van der Waals surface area contributed by atoms with Gasteiger partial charge in [0.25, 0.3) is 5.91 Å². The number of hydrogen-bond acceptors (Lipinski definition) is 3. The van der Waals surface area contributed by atoms with Gasteiger partial charge in [0.05, 0.1) is 0 Å². The molecule has 0 fully saturated rings. The topological polar surface area (TPSA) is 58.6 Å². The molecule has 1 N–H and O–H groups in total. The summed E-state index contributed by atoms with van der Waals surface area (Å²) in [7, 11) is 0. The maximum atomic E-state index is 13.1. The zero-order chi connectivity index (χ0) is 21.4. The number of aryl methyl sites for hydroxylation is 2. The first-order valence-corrected chi connectivity index (χ1v) is 10.7. The molecule has 0 bridgehead atoms. The number of carbonyl (C=O) groups excluding carboxylic acids is 2. The summed E-state index contributed by atoms with van der Waals surface area (Å²) >= 11 is 3.54. The second-order valence-corrected chi connectivity index (χ2v) is 7.78. The summed E-state index contributed by atoms with van der Waals surface area (Å²) in [5.41, 5.74) is 3.06. The third-order valence-electron chi connectivity index (χ3n) is 4.70. The molecule has 6 heteroatoms. The van der Waals surface area contributed by atoms with Gasteiger partial charge in [0.1, 0.15) is 11.8 Å². The van der Waals surface area contributed by atoms with E-state index in [0.29, 0.717) is 25.3 Å². The van der Waals surface area contributed by atoms with Crippen molar-refractivity contribution in [3.05, 3.63) is 63.6 Å². The van der Waals surface area contributed by atoms with Gasteiger partial charge in [-0.2, -0.15) is 0 Å². The van der Waals surface area contributed by atoms with Crippen molar-refractivity contribution < 1.29 is 14.3 Å². The van der Waals surface area contributed by atoms with Gasteiger partial charge in [0, 0.05) is 17.6 Å². The number of hydrogen-bond donors (Lipinski definition) is 1. The molecule has 0 aliphatic heterocycles. The Morgan fingerprint density at radius 2 is 1.72 bits per heavy atom. The first-order valence-electron chi connectivity index (χ1n) is 9.88. The van der Waals surface area contributed by atoms with Crippen molar-refractivity contribution in [2.75, 3.05) is 13.2 Å². The fraction of sp³-hybridized carbons (Fsp3) is 0.391. The largest absolute Gasteiger partial charge is 0.484 e. The van der Waals surface area contributed by atoms with E-state index in [1.807, 2.05) is 70.2 Å². The van der Waals surface area contributed by atoms with E-state index in [-0.39, 0.29) is 18.4 Å². The minimum absolute atomic E-state index is 0.122. The van der Waals surface area contributed by atoms with E-state index < -0.39 is 6.04 Å². The summed E-state index contributed by atoms with van der Waals surface area (Å²) in [6.45, 7) is 8.51. The van der Waals surface area contributed by atoms with E-state index in [1.165, 1.54) is 0 Å². The summed E-state index contributed by atoms with van der Waals surface area (Å²) in [6, 6.07) is 12.9. The molecule has 0 unspecified atom stereocenters. The van der Waals surface area contributed by atoms with Crippen molar-refractivity contribution in [2.24, 2.45) is 0 Å². The zero-order valence-corrected chi connectivity index (χ0v) is 19.1. The molecule has 2 aromatic carbocycles. The monoisotopic (exact) mass is 460 g/mol. The van der Waals surface area contributed by atoms with Crippen LogP contribution in [0.1, 0.15) is 37.0 Å². The normalized spacial score (nSPS) is 11.6. The van der Waals surface area contributed by atoms with E-state index in [9.17, 15) is 9.59 Å². The standard InChI is InChI=1S/C23H29BrN2O3/c1-5-20(23(28)25-6-2)26(14-18-10-8-7-9-11-18)21(27)15-29-19-12-16(3)22(24)17(4)13-19/h7-13,20H,5-6,14-15H2,1-4H3,(H,25,28)/t20-/m0/s1. The van der Waals surface area contributed by atoms with Gasteiger partial charge < -0.3 is 15.0 Å². The van der Waals surface area contributed by atoms with Gasteiger partial charge in [-0.3, -0.25) is 9.59 Å². The lowest BCUT2D eigenvalue weighted by Gasteiger charge is -2.30. The Morgan fingerprint density at radius 1 is 1.10 bits per heavy atom. The molecule has 0 aliphatic rings. The minimum atomic E-state index is -0.542. The molecule has 1 atom stereocenters. The van der Waals surface area contributed by atoms with Gasteiger partial charge in [-0.25, -0.2) is 0 Å². The number of halogens is 1. The molecule has 0 heterocycles. The van der Waals surface area contributed by atoms with Crippen molar-refractivity contribution >= 4 is 27.7 Å². The smallest absolute Gasteiger partial charge is 0.261 e. The highest BCUT2D eigenvalue weighted by Gasteiger charge is 2.28. The van der Waals surface area contributed by atoms with E-state index in [4.69, 9.17) is 4.74 Å². The highest BCUT2D eigenvalue weighted by molar-refractivity contribution is 9.10. The average molecular weight is 461 g/mol. The molecule has 5 nitrogen and oxygen atoms in total. The Kier molecular flexibility index (Phi) is 8.70. The number of nitrogens with one attached hydrogen (secondary N) is 1. The van der Waals surface area contributed by atoms with Crippen LogP contribution in [0.25, 0.3) is 0 Å². The van der Waals surface area contributed by atoms with Crippen molar-refractivity contribution in [3.8, 4) is 5.75 Å². The molecule has 0 radical (unpaired) electrons. The average Bonchev–Trinajstić information content (AvgIpc) is 2.71. The van der Waals surface area contributed by atoms with Crippen LogP contribution in [0.3, 0.4) is 0 Å². The quantitative estimate of drug-likeness (QED) is 0.603. The van der Waals surface area contributed by atoms with E-state index >= 15 is 0 Å². The maximum Gasteiger partial charge on any atom is 0.261 e. The van der Waals surface area contributed by atoms with Crippen LogP contribution in [0, 0.1) is 13.8 Å². The Bertz CT molecular complexity index is 816. The molecular weight excluding hydrogens is 432 g/mol. The van der Waals surface area contributed by atoms with E-state index in [2.05, 4.69) is 21.2 Å². The lowest BCUT2D eigenvalue weighted by atomic mass is 10.1. The fourth-order valence-electron chi connectivity index (χ4n) is 3.21. The van der Waals surface area contributed by atoms with Crippen molar-refractivity contribution in [3.63, 3.8) is 0 Å². The molecule has 0 aromatic heterocycles. The molecule has 2 aromatic rings. The van der Waals surface area contributed by atoms with Crippen LogP contribution in [-0.4, -0.2) is 35.9 Å². The van der Waals surface area contributed by atoms with Gasteiger partial charge >= 0.3 is 0 Å². The number of carbonyl (C=O) groups is 2. The SMILES string of the molecule is CCNC(=O)[C@H](CC)N(Cc1ccccc1)C(=O)COc1cc(C)c(Br)c(C)c1. The Hall–Kier alpha value is -2.34. The summed E-state index contributed by atoms with van der Waals surface area (Å²) < 4.78 is 6.83. The number of ether oxygens (including phenoxy) is 1. The fourth-order valence-corrected chi connectivity index (χ4v) is 3.44. The maximum absolute atomic E-state index is 13.1.